The first-order valence-electron chi connectivity index (χ1n) is 15.6. The number of aromatic nitrogens is 1. The van der Waals surface area contributed by atoms with Crippen molar-refractivity contribution in [3.63, 3.8) is 0 Å². The second-order valence-corrected chi connectivity index (χ2v) is 12.2. The first-order chi connectivity index (χ1) is 22.8. The van der Waals surface area contributed by atoms with Crippen LogP contribution in [0.3, 0.4) is 0 Å². The van der Waals surface area contributed by atoms with Gasteiger partial charge >= 0.3 is 0 Å². The van der Waals surface area contributed by atoms with Crippen molar-refractivity contribution in [3.05, 3.63) is 168 Å². The summed E-state index contributed by atoms with van der Waals surface area (Å²) in [7, 11) is 0. The van der Waals surface area contributed by atoms with Crippen LogP contribution in [0, 0.1) is 0 Å². The van der Waals surface area contributed by atoms with E-state index in [4.69, 9.17) is 23.7 Å². The first kappa shape index (κ1) is 32.1. The molecule has 0 bridgehead atoms. The molecule has 5 aromatic rings. The van der Waals surface area contributed by atoms with Crippen LogP contribution in [0.4, 0.5) is 0 Å². The topological polar surface area (TPSA) is 59.0 Å². The van der Waals surface area contributed by atoms with Crippen LogP contribution in [0.5, 0.6) is 0 Å². The Bertz CT molecular complexity index is 1550. The molecule has 0 amide bonds. The molecule has 0 N–H and O–H groups in total. The van der Waals surface area contributed by atoms with Crippen LogP contribution in [0.15, 0.2) is 151 Å². The molecule has 1 aliphatic rings. The van der Waals surface area contributed by atoms with E-state index in [1.165, 1.54) is 11.8 Å². The molecule has 6 nitrogen and oxygen atoms in total. The maximum absolute atomic E-state index is 6.88. The second-order valence-electron chi connectivity index (χ2n) is 11.1. The van der Waals surface area contributed by atoms with Gasteiger partial charge in [-0.2, -0.15) is 0 Å². The molecule has 236 valence electrons. The van der Waals surface area contributed by atoms with Gasteiger partial charge in [0.2, 0.25) is 0 Å². The van der Waals surface area contributed by atoms with Gasteiger partial charge in [-0.15, -0.1) is 0 Å². The summed E-state index contributed by atoms with van der Waals surface area (Å²) in [6, 6.07) is 46.6. The fraction of sp³-hybridized carbons (Fsp3) is 0.256. The van der Waals surface area contributed by atoms with Gasteiger partial charge in [0.25, 0.3) is 0 Å². The Morgan fingerprint density at radius 1 is 0.500 bits per heavy atom. The minimum absolute atomic E-state index is 0.324. The molecule has 0 radical (unpaired) electrons. The lowest BCUT2D eigenvalue weighted by Gasteiger charge is -2.46. The van der Waals surface area contributed by atoms with Gasteiger partial charge < -0.3 is 23.7 Å². The largest absolute Gasteiger partial charge is 0.374 e. The molecule has 0 aliphatic carbocycles. The van der Waals surface area contributed by atoms with E-state index >= 15 is 0 Å². The van der Waals surface area contributed by atoms with E-state index in [2.05, 4.69) is 53.5 Å². The third-order valence-electron chi connectivity index (χ3n) is 7.72. The van der Waals surface area contributed by atoms with Gasteiger partial charge in [-0.25, -0.2) is 4.98 Å². The number of thioether (sulfide) groups is 1. The van der Waals surface area contributed by atoms with Crippen LogP contribution < -0.4 is 0 Å². The number of pyridine rings is 1. The van der Waals surface area contributed by atoms with Crippen molar-refractivity contribution in [1.82, 2.24) is 4.98 Å². The number of benzene rings is 4. The molecule has 7 heteroatoms. The molecule has 6 rings (SSSR count). The average molecular weight is 634 g/mol. The molecular formula is C39H39NO5S. The number of hydrogen-bond acceptors (Lipinski definition) is 7. The fourth-order valence-corrected chi connectivity index (χ4v) is 6.46. The van der Waals surface area contributed by atoms with Crippen LogP contribution in [0.1, 0.15) is 22.3 Å². The number of hydrogen-bond donors (Lipinski definition) is 0. The maximum Gasteiger partial charge on any atom is 0.138 e. The zero-order valence-corrected chi connectivity index (χ0v) is 26.5. The Morgan fingerprint density at radius 3 is 1.46 bits per heavy atom. The molecule has 46 heavy (non-hydrogen) atoms. The summed E-state index contributed by atoms with van der Waals surface area (Å²) in [5.41, 5.74) is 3.88. The Kier molecular flexibility index (Phi) is 12.0. The zero-order valence-electron chi connectivity index (χ0n) is 25.7. The summed E-state index contributed by atoms with van der Waals surface area (Å²) in [6.45, 7) is 2.00. The van der Waals surface area contributed by atoms with Crippen LogP contribution >= 0.6 is 11.8 Å². The molecule has 0 spiro atoms. The quantitative estimate of drug-likeness (QED) is 0.116. The highest BCUT2D eigenvalue weighted by molar-refractivity contribution is 7.99. The van der Waals surface area contributed by atoms with Crippen LogP contribution in [0.2, 0.25) is 0 Å². The van der Waals surface area contributed by atoms with E-state index in [-0.39, 0.29) is 0 Å². The van der Waals surface area contributed by atoms with Crippen molar-refractivity contribution in [2.24, 2.45) is 0 Å². The van der Waals surface area contributed by atoms with E-state index < -0.39 is 29.9 Å². The van der Waals surface area contributed by atoms with Crippen molar-refractivity contribution >= 4 is 11.8 Å². The fourth-order valence-electron chi connectivity index (χ4n) is 5.38. The van der Waals surface area contributed by atoms with Crippen molar-refractivity contribution in [2.45, 2.75) is 61.3 Å². The highest BCUT2D eigenvalue weighted by atomic mass is 32.2. The van der Waals surface area contributed by atoms with Gasteiger partial charge in [0, 0.05) is 6.20 Å². The molecule has 5 unspecified atom stereocenters. The smallest absolute Gasteiger partial charge is 0.138 e. The minimum Gasteiger partial charge on any atom is -0.374 e. The standard InChI is InChI=1S/C39H39NO5S/c1-5-15-30(16-6-1)25-41-29-34-36(42-26-31-17-7-2-8-18-31)37(43-27-32-19-9-3-10-20-32)38(44-28-33-21-11-4-12-22-33)39(45-34)46-35-23-13-14-24-40-35/h1-24,34,36-39H,25-29H2. The predicted molar refractivity (Wildman–Crippen MR) is 180 cm³/mol. The lowest BCUT2D eigenvalue weighted by atomic mass is 9.98. The van der Waals surface area contributed by atoms with Crippen LogP contribution in [0.25, 0.3) is 0 Å². The third kappa shape index (κ3) is 9.36. The minimum atomic E-state index is -0.471. The van der Waals surface area contributed by atoms with Crippen molar-refractivity contribution < 1.29 is 23.7 Å². The Balaban J connectivity index is 1.31. The molecular weight excluding hydrogens is 594 g/mol. The SMILES string of the molecule is c1ccc(COCC2OC(Sc3ccccn3)C(OCc3ccccc3)C(OCc3ccccc3)C2OCc2ccccc2)cc1. The van der Waals surface area contributed by atoms with Gasteiger partial charge in [0.1, 0.15) is 29.9 Å². The Hall–Kier alpha value is -3.82. The molecule has 2 heterocycles. The van der Waals surface area contributed by atoms with E-state index in [9.17, 15) is 0 Å². The maximum atomic E-state index is 6.88. The normalized spacial score (nSPS) is 21.2. The molecule has 1 aliphatic heterocycles. The monoisotopic (exact) mass is 633 g/mol. The van der Waals surface area contributed by atoms with E-state index in [0.29, 0.717) is 33.0 Å². The lowest BCUT2D eigenvalue weighted by Crippen LogP contribution is -2.60. The van der Waals surface area contributed by atoms with Crippen molar-refractivity contribution in [1.29, 1.82) is 0 Å². The molecule has 1 aromatic heterocycles. The molecule has 1 saturated heterocycles. The number of nitrogens with zero attached hydrogens (tertiary/aromatic N) is 1. The van der Waals surface area contributed by atoms with Gasteiger partial charge in [-0.1, -0.05) is 139 Å². The van der Waals surface area contributed by atoms with E-state index in [1.54, 1.807) is 6.20 Å². The van der Waals surface area contributed by atoms with Gasteiger partial charge in [-0.05, 0) is 34.4 Å². The Morgan fingerprint density at radius 2 is 0.957 bits per heavy atom. The van der Waals surface area contributed by atoms with Gasteiger partial charge in [0.05, 0.1) is 38.1 Å². The molecule has 0 saturated carbocycles. The van der Waals surface area contributed by atoms with Crippen LogP contribution in [-0.2, 0) is 50.1 Å². The summed E-state index contributed by atoms with van der Waals surface area (Å²) >= 11 is 1.53. The molecule has 4 aromatic carbocycles. The average Bonchev–Trinajstić information content (AvgIpc) is 3.12. The van der Waals surface area contributed by atoms with Crippen molar-refractivity contribution in [2.75, 3.05) is 6.61 Å². The van der Waals surface area contributed by atoms with E-state index in [0.717, 1.165) is 27.3 Å². The van der Waals surface area contributed by atoms with Gasteiger partial charge in [0.15, 0.2) is 0 Å². The summed E-state index contributed by atoms with van der Waals surface area (Å²) in [5.74, 6) is 0. The highest BCUT2D eigenvalue weighted by Gasteiger charge is 2.49. The summed E-state index contributed by atoms with van der Waals surface area (Å²) in [5, 5.41) is 0.843. The highest BCUT2D eigenvalue weighted by Crippen LogP contribution is 2.38. The van der Waals surface area contributed by atoms with Crippen LogP contribution in [-0.4, -0.2) is 41.4 Å². The van der Waals surface area contributed by atoms with Crippen molar-refractivity contribution in [3.8, 4) is 0 Å². The Labute approximate surface area is 275 Å². The van der Waals surface area contributed by atoms with E-state index in [1.807, 2.05) is 91.0 Å². The van der Waals surface area contributed by atoms with Gasteiger partial charge in [-0.3, -0.25) is 0 Å². The molecule has 1 fully saturated rings. The number of ether oxygens (including phenoxy) is 5. The summed E-state index contributed by atoms with van der Waals surface area (Å²) in [4.78, 5) is 4.59. The second kappa shape index (κ2) is 17.2. The first-order valence-corrected chi connectivity index (χ1v) is 16.5. The lowest BCUT2D eigenvalue weighted by molar-refractivity contribution is -0.254. The zero-order chi connectivity index (χ0) is 31.2. The predicted octanol–water partition coefficient (Wildman–Crippen LogP) is 7.87. The third-order valence-corrected chi connectivity index (χ3v) is 8.81. The molecule has 5 atom stereocenters. The number of rotatable bonds is 15. The summed E-state index contributed by atoms with van der Waals surface area (Å²) in [6.07, 6.45) is -0.0392. The summed E-state index contributed by atoms with van der Waals surface area (Å²) < 4.78 is 33.5.